The molecule has 2 aliphatic rings. The molecule has 0 spiro atoms. The van der Waals surface area contributed by atoms with Crippen molar-refractivity contribution in [2.75, 3.05) is 19.6 Å². The lowest BCUT2D eigenvalue weighted by molar-refractivity contribution is -0.135. The summed E-state index contributed by atoms with van der Waals surface area (Å²) in [6, 6.07) is 0.490. The summed E-state index contributed by atoms with van der Waals surface area (Å²) in [5.41, 5.74) is 0. The van der Waals surface area contributed by atoms with Crippen LogP contribution in [0.5, 0.6) is 0 Å². The van der Waals surface area contributed by atoms with E-state index in [4.69, 9.17) is 0 Å². The van der Waals surface area contributed by atoms with Gasteiger partial charge in [0.25, 0.3) is 0 Å². The van der Waals surface area contributed by atoms with Crippen LogP contribution in [0, 0.1) is 11.8 Å². The van der Waals surface area contributed by atoms with Crippen molar-refractivity contribution in [3.05, 3.63) is 0 Å². The summed E-state index contributed by atoms with van der Waals surface area (Å²) in [6.07, 6.45) is 9.35. The van der Waals surface area contributed by atoms with Crippen LogP contribution in [-0.2, 0) is 4.79 Å². The molecule has 0 aromatic rings. The van der Waals surface area contributed by atoms with Crippen LogP contribution in [0.25, 0.3) is 0 Å². The van der Waals surface area contributed by atoms with Gasteiger partial charge in [0.1, 0.15) is 0 Å². The minimum atomic E-state index is 0. The van der Waals surface area contributed by atoms with E-state index in [1.54, 1.807) is 0 Å². The molecule has 1 amide bonds. The van der Waals surface area contributed by atoms with Crippen LogP contribution in [0.3, 0.4) is 0 Å². The van der Waals surface area contributed by atoms with Crippen molar-refractivity contribution in [1.82, 2.24) is 10.2 Å². The van der Waals surface area contributed by atoms with Crippen LogP contribution < -0.4 is 5.32 Å². The predicted molar refractivity (Wildman–Crippen MR) is 90.9 cm³/mol. The number of amides is 1. The molecule has 1 heterocycles. The lowest BCUT2D eigenvalue weighted by Gasteiger charge is -2.36. The molecule has 3 nitrogen and oxygen atoms in total. The molecule has 2 atom stereocenters. The van der Waals surface area contributed by atoms with E-state index in [9.17, 15) is 4.79 Å². The van der Waals surface area contributed by atoms with E-state index >= 15 is 0 Å². The molecule has 0 aromatic heterocycles. The molecule has 1 saturated carbocycles. The van der Waals surface area contributed by atoms with E-state index in [-0.39, 0.29) is 12.4 Å². The number of hydrogen-bond acceptors (Lipinski definition) is 2. The minimum Gasteiger partial charge on any atom is -0.340 e. The fourth-order valence-electron chi connectivity index (χ4n) is 3.98. The first-order valence-electron chi connectivity index (χ1n) is 8.71. The summed E-state index contributed by atoms with van der Waals surface area (Å²) >= 11 is 0. The highest BCUT2D eigenvalue weighted by atomic mass is 35.5. The maximum Gasteiger partial charge on any atom is 0.223 e. The number of carbonyl (C=O) groups excluding carboxylic acids is 1. The first-order valence-corrected chi connectivity index (χ1v) is 8.71. The zero-order valence-electron chi connectivity index (χ0n) is 13.8. The average Bonchev–Trinajstić information content (AvgIpc) is 2.45. The van der Waals surface area contributed by atoms with Crippen molar-refractivity contribution < 1.29 is 4.79 Å². The molecule has 0 radical (unpaired) electrons. The molecular formula is C17H33ClN2O. The average molecular weight is 317 g/mol. The quantitative estimate of drug-likeness (QED) is 0.840. The maximum absolute atomic E-state index is 12.7. The lowest BCUT2D eigenvalue weighted by Crippen LogP contribution is -2.47. The Morgan fingerprint density at radius 1 is 1.19 bits per heavy atom. The number of piperidine rings is 1. The molecule has 21 heavy (non-hydrogen) atoms. The zero-order chi connectivity index (χ0) is 14.4. The SMILES string of the molecule is CCCN(C(=O)CC1CCCC(C)C1)C1CCNCC1.Cl. The van der Waals surface area contributed by atoms with Gasteiger partial charge in [0.15, 0.2) is 0 Å². The summed E-state index contributed by atoms with van der Waals surface area (Å²) in [6.45, 7) is 7.61. The third kappa shape index (κ3) is 5.78. The Bertz CT molecular complexity index is 305. The predicted octanol–water partition coefficient (Wildman–Crippen LogP) is 3.62. The van der Waals surface area contributed by atoms with Gasteiger partial charge in [-0.05, 0) is 57.0 Å². The summed E-state index contributed by atoms with van der Waals surface area (Å²) < 4.78 is 0. The Morgan fingerprint density at radius 2 is 1.90 bits per heavy atom. The van der Waals surface area contributed by atoms with Crippen molar-refractivity contribution >= 4 is 18.3 Å². The summed E-state index contributed by atoms with van der Waals surface area (Å²) in [5.74, 6) is 1.89. The molecule has 1 aliphatic heterocycles. The molecule has 0 aromatic carbocycles. The molecule has 1 aliphatic carbocycles. The monoisotopic (exact) mass is 316 g/mol. The highest BCUT2D eigenvalue weighted by molar-refractivity contribution is 5.85. The molecule has 1 saturated heterocycles. The van der Waals surface area contributed by atoms with Gasteiger partial charge in [-0.25, -0.2) is 0 Å². The van der Waals surface area contributed by atoms with Gasteiger partial charge in [-0.2, -0.15) is 0 Å². The normalized spacial score (nSPS) is 27.0. The molecule has 2 unspecified atom stereocenters. The molecule has 4 heteroatoms. The molecule has 2 rings (SSSR count). The highest BCUT2D eigenvalue weighted by Gasteiger charge is 2.28. The van der Waals surface area contributed by atoms with E-state index in [1.165, 1.54) is 25.7 Å². The Balaban J connectivity index is 0.00000220. The van der Waals surface area contributed by atoms with E-state index in [2.05, 4.69) is 24.1 Å². The van der Waals surface area contributed by atoms with Gasteiger partial charge in [0.2, 0.25) is 5.91 Å². The molecule has 0 bridgehead atoms. The summed E-state index contributed by atoms with van der Waals surface area (Å²) in [5, 5.41) is 3.40. The van der Waals surface area contributed by atoms with E-state index < -0.39 is 0 Å². The summed E-state index contributed by atoms with van der Waals surface area (Å²) in [7, 11) is 0. The summed E-state index contributed by atoms with van der Waals surface area (Å²) in [4.78, 5) is 14.9. The van der Waals surface area contributed by atoms with Gasteiger partial charge in [0.05, 0.1) is 0 Å². The maximum atomic E-state index is 12.7. The van der Waals surface area contributed by atoms with Gasteiger partial charge in [-0.15, -0.1) is 12.4 Å². The Labute approximate surface area is 136 Å². The van der Waals surface area contributed by atoms with Crippen molar-refractivity contribution in [2.45, 2.75) is 71.3 Å². The largest absolute Gasteiger partial charge is 0.340 e. The highest BCUT2D eigenvalue weighted by Crippen LogP contribution is 2.31. The van der Waals surface area contributed by atoms with Crippen LogP contribution in [0.4, 0.5) is 0 Å². The zero-order valence-corrected chi connectivity index (χ0v) is 14.6. The van der Waals surface area contributed by atoms with Gasteiger partial charge in [0, 0.05) is 19.0 Å². The molecule has 1 N–H and O–H groups in total. The second-order valence-corrected chi connectivity index (χ2v) is 6.91. The Kier molecular flexibility index (Phi) is 8.65. The van der Waals surface area contributed by atoms with Crippen molar-refractivity contribution in [3.8, 4) is 0 Å². The van der Waals surface area contributed by atoms with Crippen LogP contribution in [0.2, 0.25) is 0 Å². The minimum absolute atomic E-state index is 0. The third-order valence-corrected chi connectivity index (χ3v) is 5.04. The third-order valence-electron chi connectivity index (χ3n) is 5.04. The second-order valence-electron chi connectivity index (χ2n) is 6.91. The first-order chi connectivity index (χ1) is 9.70. The smallest absolute Gasteiger partial charge is 0.223 e. The molecule has 2 fully saturated rings. The number of rotatable bonds is 5. The lowest BCUT2D eigenvalue weighted by atomic mass is 9.80. The standard InChI is InChI=1S/C17H32N2O.ClH/c1-3-11-19(16-7-9-18-10-8-16)17(20)13-15-6-4-5-14(2)12-15;/h14-16,18H,3-13H2,1-2H3;1H. The van der Waals surface area contributed by atoms with Crippen LogP contribution in [-0.4, -0.2) is 36.5 Å². The second kappa shape index (κ2) is 9.68. The molecule has 124 valence electrons. The van der Waals surface area contributed by atoms with Crippen LogP contribution in [0.15, 0.2) is 0 Å². The number of halogens is 1. The fraction of sp³-hybridized carbons (Fsp3) is 0.941. The van der Waals surface area contributed by atoms with E-state index in [1.807, 2.05) is 0 Å². The van der Waals surface area contributed by atoms with E-state index in [0.29, 0.717) is 17.9 Å². The Morgan fingerprint density at radius 3 is 2.52 bits per heavy atom. The van der Waals surface area contributed by atoms with Gasteiger partial charge >= 0.3 is 0 Å². The number of nitrogens with zero attached hydrogens (tertiary/aromatic N) is 1. The van der Waals surface area contributed by atoms with E-state index in [0.717, 1.165) is 51.2 Å². The van der Waals surface area contributed by atoms with Gasteiger partial charge in [-0.1, -0.05) is 26.7 Å². The number of hydrogen-bond donors (Lipinski definition) is 1. The number of nitrogens with one attached hydrogen (secondary N) is 1. The fourth-order valence-corrected chi connectivity index (χ4v) is 3.98. The number of carbonyl (C=O) groups is 1. The Hall–Kier alpha value is -0.280. The van der Waals surface area contributed by atoms with Crippen molar-refractivity contribution in [3.63, 3.8) is 0 Å². The molecular weight excluding hydrogens is 284 g/mol. The first kappa shape index (κ1) is 18.8. The van der Waals surface area contributed by atoms with Crippen molar-refractivity contribution in [1.29, 1.82) is 0 Å². The van der Waals surface area contributed by atoms with Crippen LogP contribution >= 0.6 is 12.4 Å². The van der Waals surface area contributed by atoms with Crippen LogP contribution in [0.1, 0.15) is 65.2 Å². The topological polar surface area (TPSA) is 32.3 Å². The van der Waals surface area contributed by atoms with Gasteiger partial charge < -0.3 is 10.2 Å². The van der Waals surface area contributed by atoms with Crippen molar-refractivity contribution in [2.24, 2.45) is 11.8 Å². The van der Waals surface area contributed by atoms with Gasteiger partial charge in [-0.3, -0.25) is 4.79 Å².